The summed E-state index contributed by atoms with van der Waals surface area (Å²) in [5, 5.41) is 2.62. The van der Waals surface area contributed by atoms with Crippen molar-refractivity contribution in [3.05, 3.63) is 47.5 Å². The summed E-state index contributed by atoms with van der Waals surface area (Å²) in [6.07, 6.45) is -1.10. The fourth-order valence-electron chi connectivity index (χ4n) is 2.53. The van der Waals surface area contributed by atoms with E-state index in [4.69, 9.17) is 18.9 Å². The Morgan fingerprint density at radius 2 is 1.52 bits per heavy atom. The lowest BCUT2D eigenvalue weighted by atomic mass is 10.1. The molecular weight excluding hydrogens is 378 g/mol. The average Bonchev–Trinajstić information content (AvgIpc) is 2.72. The Hall–Kier alpha value is -3.55. The topological polar surface area (TPSA) is 100 Å². The number of nitrogens with one attached hydrogen (secondary N) is 1. The van der Waals surface area contributed by atoms with Gasteiger partial charge in [-0.2, -0.15) is 0 Å². The van der Waals surface area contributed by atoms with E-state index in [2.05, 4.69) is 5.32 Å². The first-order chi connectivity index (χ1) is 13.8. The van der Waals surface area contributed by atoms with Crippen molar-refractivity contribution >= 4 is 23.3 Å². The summed E-state index contributed by atoms with van der Waals surface area (Å²) in [5.74, 6) is -0.507. The van der Waals surface area contributed by atoms with E-state index in [1.807, 2.05) is 0 Å². The van der Waals surface area contributed by atoms with Crippen LogP contribution < -0.4 is 19.5 Å². The Bertz CT molecular complexity index is 923. The third kappa shape index (κ3) is 5.25. The largest absolute Gasteiger partial charge is 0.496 e. The molecule has 0 heterocycles. The van der Waals surface area contributed by atoms with Gasteiger partial charge in [0.2, 0.25) is 0 Å². The Kier molecular flexibility index (Phi) is 7.19. The zero-order chi connectivity index (χ0) is 21.6. The first kappa shape index (κ1) is 21.7. The van der Waals surface area contributed by atoms with Gasteiger partial charge in [-0.15, -0.1) is 0 Å². The van der Waals surface area contributed by atoms with Crippen molar-refractivity contribution in [2.45, 2.75) is 20.0 Å². The molecule has 1 amide bonds. The quantitative estimate of drug-likeness (QED) is 0.536. The molecule has 0 saturated carbocycles. The Labute approximate surface area is 168 Å². The number of carbonyl (C=O) groups is 3. The zero-order valence-corrected chi connectivity index (χ0v) is 16.9. The van der Waals surface area contributed by atoms with Crippen molar-refractivity contribution in [3.63, 3.8) is 0 Å². The SMILES string of the molecule is COc1cc(OC)c(C(=O)O[C@H](C)C(=O)Nc2cccc(C(C)=O)c2)cc1OC. The highest BCUT2D eigenvalue weighted by atomic mass is 16.6. The van der Waals surface area contributed by atoms with E-state index >= 15 is 0 Å². The fraction of sp³-hybridized carbons (Fsp3) is 0.286. The van der Waals surface area contributed by atoms with E-state index in [0.717, 1.165) is 0 Å². The highest BCUT2D eigenvalue weighted by Gasteiger charge is 2.24. The number of Topliss-reactive ketones (excluding diaryl/α,β-unsaturated/α-hetero) is 1. The van der Waals surface area contributed by atoms with Crippen LogP contribution in [-0.4, -0.2) is 45.1 Å². The van der Waals surface area contributed by atoms with Crippen molar-refractivity contribution in [1.82, 2.24) is 0 Å². The van der Waals surface area contributed by atoms with E-state index in [9.17, 15) is 14.4 Å². The Morgan fingerprint density at radius 1 is 0.897 bits per heavy atom. The third-order valence-corrected chi connectivity index (χ3v) is 4.12. The molecule has 0 aromatic heterocycles. The van der Waals surface area contributed by atoms with Crippen LogP contribution in [0.5, 0.6) is 17.2 Å². The van der Waals surface area contributed by atoms with Crippen molar-refractivity contribution in [1.29, 1.82) is 0 Å². The molecule has 2 aromatic rings. The van der Waals surface area contributed by atoms with Crippen molar-refractivity contribution in [2.24, 2.45) is 0 Å². The second kappa shape index (κ2) is 9.59. The molecule has 29 heavy (non-hydrogen) atoms. The maximum Gasteiger partial charge on any atom is 0.342 e. The molecular formula is C21H23NO7. The summed E-state index contributed by atoms with van der Waals surface area (Å²) < 4.78 is 20.9. The van der Waals surface area contributed by atoms with Crippen molar-refractivity contribution < 1.29 is 33.3 Å². The predicted octanol–water partition coefficient (Wildman–Crippen LogP) is 3.10. The number of methoxy groups -OCH3 is 3. The van der Waals surface area contributed by atoms with E-state index in [-0.39, 0.29) is 17.1 Å². The van der Waals surface area contributed by atoms with E-state index in [1.54, 1.807) is 24.3 Å². The fourth-order valence-corrected chi connectivity index (χ4v) is 2.53. The predicted molar refractivity (Wildman–Crippen MR) is 106 cm³/mol. The lowest BCUT2D eigenvalue weighted by molar-refractivity contribution is -0.123. The number of benzene rings is 2. The summed E-state index contributed by atoms with van der Waals surface area (Å²) in [7, 11) is 4.30. The van der Waals surface area contributed by atoms with Gasteiger partial charge >= 0.3 is 5.97 Å². The molecule has 2 aromatic carbocycles. The van der Waals surface area contributed by atoms with Crippen molar-refractivity contribution in [3.8, 4) is 17.2 Å². The number of rotatable bonds is 8. The van der Waals surface area contributed by atoms with Gasteiger partial charge in [-0.1, -0.05) is 12.1 Å². The molecule has 0 radical (unpaired) electrons. The molecule has 0 aliphatic heterocycles. The maximum absolute atomic E-state index is 12.6. The van der Waals surface area contributed by atoms with Gasteiger partial charge in [0.05, 0.1) is 21.3 Å². The zero-order valence-electron chi connectivity index (χ0n) is 16.9. The first-order valence-electron chi connectivity index (χ1n) is 8.73. The number of hydrogen-bond acceptors (Lipinski definition) is 7. The van der Waals surface area contributed by atoms with Gasteiger partial charge in [-0.3, -0.25) is 9.59 Å². The first-order valence-corrected chi connectivity index (χ1v) is 8.73. The van der Waals surface area contributed by atoms with Gasteiger partial charge in [0, 0.05) is 23.4 Å². The summed E-state index contributed by atoms with van der Waals surface area (Å²) >= 11 is 0. The van der Waals surface area contributed by atoms with Crippen LogP contribution in [0.4, 0.5) is 5.69 Å². The van der Waals surface area contributed by atoms with Gasteiger partial charge in [0.15, 0.2) is 23.4 Å². The van der Waals surface area contributed by atoms with Crippen LogP contribution in [0.2, 0.25) is 0 Å². The van der Waals surface area contributed by atoms with Crippen LogP contribution in [-0.2, 0) is 9.53 Å². The minimum Gasteiger partial charge on any atom is -0.496 e. The van der Waals surface area contributed by atoms with E-state index < -0.39 is 18.0 Å². The molecule has 0 aliphatic rings. The van der Waals surface area contributed by atoms with Gasteiger partial charge in [0.25, 0.3) is 5.91 Å². The van der Waals surface area contributed by atoms with Gasteiger partial charge < -0.3 is 24.3 Å². The van der Waals surface area contributed by atoms with Crippen molar-refractivity contribution in [2.75, 3.05) is 26.6 Å². The molecule has 2 rings (SSSR count). The van der Waals surface area contributed by atoms with Gasteiger partial charge in [-0.05, 0) is 26.0 Å². The molecule has 0 bridgehead atoms. The van der Waals surface area contributed by atoms with Gasteiger partial charge in [0.1, 0.15) is 11.3 Å². The minimum atomic E-state index is -1.10. The highest BCUT2D eigenvalue weighted by molar-refractivity contribution is 6.00. The smallest absolute Gasteiger partial charge is 0.342 e. The van der Waals surface area contributed by atoms with E-state index in [1.165, 1.54) is 47.3 Å². The highest BCUT2D eigenvalue weighted by Crippen LogP contribution is 2.35. The Balaban J connectivity index is 2.15. The summed E-state index contributed by atoms with van der Waals surface area (Å²) in [6, 6.07) is 9.39. The summed E-state index contributed by atoms with van der Waals surface area (Å²) in [6.45, 7) is 2.87. The number of amides is 1. The normalized spacial score (nSPS) is 11.2. The van der Waals surface area contributed by atoms with Gasteiger partial charge in [-0.25, -0.2) is 4.79 Å². The molecule has 154 valence electrons. The molecule has 1 N–H and O–H groups in total. The molecule has 0 saturated heterocycles. The number of anilines is 1. The summed E-state index contributed by atoms with van der Waals surface area (Å²) in [4.78, 5) is 36.4. The van der Waals surface area contributed by atoms with E-state index in [0.29, 0.717) is 22.7 Å². The molecule has 0 fully saturated rings. The number of carbonyl (C=O) groups excluding carboxylic acids is 3. The minimum absolute atomic E-state index is 0.0865. The molecule has 0 unspecified atom stereocenters. The number of ketones is 1. The lowest BCUT2D eigenvalue weighted by Crippen LogP contribution is -2.30. The maximum atomic E-state index is 12.6. The molecule has 8 heteroatoms. The number of esters is 1. The number of ether oxygens (including phenoxy) is 4. The second-order valence-corrected chi connectivity index (χ2v) is 6.08. The van der Waals surface area contributed by atoms with Crippen LogP contribution in [0.1, 0.15) is 34.6 Å². The number of hydrogen-bond donors (Lipinski definition) is 1. The van der Waals surface area contributed by atoms with Crippen LogP contribution in [0.15, 0.2) is 36.4 Å². The standard InChI is InChI=1S/C21H23NO7/c1-12(23)14-7-6-8-15(9-14)22-20(24)13(2)29-21(25)16-10-18(27-4)19(28-5)11-17(16)26-3/h6-11,13H,1-5H3,(H,22,24)/t13-/m1/s1. The molecule has 0 spiro atoms. The second-order valence-electron chi connectivity index (χ2n) is 6.08. The average molecular weight is 401 g/mol. The Morgan fingerprint density at radius 3 is 2.10 bits per heavy atom. The third-order valence-electron chi connectivity index (χ3n) is 4.12. The monoisotopic (exact) mass is 401 g/mol. The van der Waals surface area contributed by atoms with Crippen LogP contribution in [0.25, 0.3) is 0 Å². The molecule has 1 atom stereocenters. The molecule has 0 aliphatic carbocycles. The van der Waals surface area contributed by atoms with Crippen LogP contribution >= 0.6 is 0 Å². The van der Waals surface area contributed by atoms with Crippen LogP contribution in [0.3, 0.4) is 0 Å². The van der Waals surface area contributed by atoms with Crippen LogP contribution in [0, 0.1) is 0 Å². The molecule has 8 nitrogen and oxygen atoms in total. The summed E-state index contributed by atoms with van der Waals surface area (Å²) in [5.41, 5.74) is 0.972. The lowest BCUT2D eigenvalue weighted by Gasteiger charge is -2.16.